The first-order valence-corrected chi connectivity index (χ1v) is 8.02. The molecular weight excluding hydrogens is 302 g/mol. The number of likely N-dealkylation sites (tertiary alicyclic amines) is 1. The summed E-state index contributed by atoms with van der Waals surface area (Å²) in [5.74, 6) is 0. The van der Waals surface area contributed by atoms with Crippen molar-refractivity contribution in [2.24, 2.45) is 0 Å². The number of ether oxygens (including phenoxy) is 1. The molecule has 1 aliphatic rings. The lowest BCUT2D eigenvalue weighted by Gasteiger charge is -2.36. The summed E-state index contributed by atoms with van der Waals surface area (Å²) in [5.41, 5.74) is 1.13. The molecule has 1 fully saturated rings. The zero-order chi connectivity index (χ0) is 16.8. The van der Waals surface area contributed by atoms with Crippen LogP contribution in [0.1, 0.15) is 24.1 Å². The third-order valence-electron chi connectivity index (χ3n) is 4.45. The number of piperidine rings is 1. The molecule has 0 radical (unpaired) electrons. The monoisotopic (exact) mass is 321 g/mol. The molecule has 1 aromatic carbocycles. The lowest BCUT2D eigenvalue weighted by atomic mass is 9.77. The van der Waals surface area contributed by atoms with Crippen molar-refractivity contribution >= 4 is 6.09 Å². The van der Waals surface area contributed by atoms with Gasteiger partial charge in [0.15, 0.2) is 0 Å². The Labute approximate surface area is 141 Å². The summed E-state index contributed by atoms with van der Waals surface area (Å²) in [6.07, 6.45) is 2.52. The first kappa shape index (κ1) is 16.0. The van der Waals surface area contributed by atoms with Crippen LogP contribution in [0.4, 0.5) is 4.79 Å². The molecule has 0 bridgehead atoms. The number of hydrogen-bond donors (Lipinski definition) is 0. The molecule has 0 atom stereocenters. The van der Waals surface area contributed by atoms with E-state index in [1.165, 1.54) is 0 Å². The Morgan fingerprint density at radius 1 is 1.17 bits per heavy atom. The van der Waals surface area contributed by atoms with Crippen molar-refractivity contribution in [1.82, 2.24) is 9.88 Å². The van der Waals surface area contributed by atoms with Crippen molar-refractivity contribution in [3.63, 3.8) is 0 Å². The maximum absolute atomic E-state index is 12.2. The first-order chi connectivity index (χ1) is 11.7. The van der Waals surface area contributed by atoms with Gasteiger partial charge in [-0.1, -0.05) is 36.4 Å². The van der Waals surface area contributed by atoms with E-state index in [-0.39, 0.29) is 12.7 Å². The minimum Gasteiger partial charge on any atom is -0.445 e. The summed E-state index contributed by atoms with van der Waals surface area (Å²) < 4.78 is 5.36. The van der Waals surface area contributed by atoms with Gasteiger partial charge in [-0.05, 0) is 30.5 Å². The van der Waals surface area contributed by atoms with Crippen LogP contribution in [0.15, 0.2) is 54.7 Å². The number of hydrogen-bond acceptors (Lipinski definition) is 4. The summed E-state index contributed by atoms with van der Waals surface area (Å²) in [6, 6.07) is 17.6. The molecular formula is C19H19N3O2. The molecule has 1 aliphatic heterocycles. The van der Waals surface area contributed by atoms with Crippen LogP contribution in [0.25, 0.3) is 0 Å². The highest BCUT2D eigenvalue weighted by molar-refractivity contribution is 5.68. The number of rotatable bonds is 3. The van der Waals surface area contributed by atoms with Gasteiger partial charge < -0.3 is 9.64 Å². The van der Waals surface area contributed by atoms with Gasteiger partial charge in [-0.2, -0.15) is 5.26 Å². The molecule has 122 valence electrons. The number of nitrogens with zero attached hydrogens (tertiary/aromatic N) is 3. The van der Waals surface area contributed by atoms with Gasteiger partial charge >= 0.3 is 6.09 Å². The fourth-order valence-corrected chi connectivity index (χ4v) is 2.95. The molecule has 5 nitrogen and oxygen atoms in total. The number of aromatic nitrogens is 1. The molecule has 0 spiro atoms. The van der Waals surface area contributed by atoms with Crippen LogP contribution in [0, 0.1) is 11.3 Å². The van der Waals surface area contributed by atoms with Gasteiger partial charge in [0.2, 0.25) is 0 Å². The average molecular weight is 321 g/mol. The second-order valence-electron chi connectivity index (χ2n) is 5.94. The topological polar surface area (TPSA) is 66.2 Å². The largest absolute Gasteiger partial charge is 0.445 e. The van der Waals surface area contributed by atoms with Gasteiger partial charge in [-0.15, -0.1) is 0 Å². The zero-order valence-corrected chi connectivity index (χ0v) is 13.4. The third-order valence-corrected chi connectivity index (χ3v) is 4.45. The Morgan fingerprint density at radius 3 is 2.50 bits per heavy atom. The van der Waals surface area contributed by atoms with Gasteiger partial charge in [-0.3, -0.25) is 4.98 Å². The van der Waals surface area contributed by atoms with Crippen molar-refractivity contribution in [3.05, 3.63) is 66.0 Å². The van der Waals surface area contributed by atoms with Crippen LogP contribution in [0.2, 0.25) is 0 Å². The number of benzene rings is 1. The van der Waals surface area contributed by atoms with Gasteiger partial charge in [-0.25, -0.2) is 4.79 Å². The summed E-state index contributed by atoms with van der Waals surface area (Å²) in [6.45, 7) is 1.26. The summed E-state index contributed by atoms with van der Waals surface area (Å²) in [4.78, 5) is 18.2. The second-order valence-corrected chi connectivity index (χ2v) is 5.94. The molecule has 3 rings (SSSR count). The second kappa shape index (κ2) is 7.14. The number of nitriles is 1. The third kappa shape index (κ3) is 3.38. The van der Waals surface area contributed by atoms with E-state index in [2.05, 4.69) is 11.1 Å². The molecule has 0 aliphatic carbocycles. The van der Waals surface area contributed by atoms with Crippen molar-refractivity contribution < 1.29 is 9.53 Å². The molecule has 2 heterocycles. The van der Waals surface area contributed by atoms with Gasteiger partial charge in [0.1, 0.15) is 12.0 Å². The number of pyridine rings is 1. The molecule has 5 heteroatoms. The van der Waals surface area contributed by atoms with Crippen LogP contribution < -0.4 is 0 Å². The minimum atomic E-state index is -0.614. The van der Waals surface area contributed by atoms with E-state index in [4.69, 9.17) is 4.74 Å². The molecule has 1 amide bonds. The normalized spacial score (nSPS) is 16.2. The predicted octanol–water partition coefficient (Wildman–Crippen LogP) is 3.28. The van der Waals surface area contributed by atoms with Gasteiger partial charge in [0.25, 0.3) is 0 Å². The number of carbonyl (C=O) groups is 1. The van der Waals surface area contributed by atoms with E-state index in [0.717, 1.165) is 11.3 Å². The van der Waals surface area contributed by atoms with Crippen molar-refractivity contribution in [3.8, 4) is 6.07 Å². The molecule has 1 aromatic heterocycles. The highest BCUT2D eigenvalue weighted by atomic mass is 16.6. The zero-order valence-electron chi connectivity index (χ0n) is 13.4. The van der Waals surface area contributed by atoms with E-state index >= 15 is 0 Å². The molecule has 0 unspecified atom stereocenters. The Hall–Kier alpha value is -2.87. The van der Waals surface area contributed by atoms with Crippen molar-refractivity contribution in [2.45, 2.75) is 24.9 Å². The first-order valence-electron chi connectivity index (χ1n) is 8.02. The Balaban J connectivity index is 1.58. The van der Waals surface area contributed by atoms with E-state index < -0.39 is 5.41 Å². The molecule has 2 aromatic rings. The number of carbonyl (C=O) groups excluding carboxylic acids is 1. The van der Waals surface area contributed by atoms with Crippen LogP contribution in [0.3, 0.4) is 0 Å². The number of amides is 1. The lowest BCUT2D eigenvalue weighted by Crippen LogP contribution is -2.45. The van der Waals surface area contributed by atoms with Gasteiger partial charge in [0, 0.05) is 19.3 Å². The minimum absolute atomic E-state index is 0.264. The Kier molecular flexibility index (Phi) is 4.76. The fraction of sp³-hybridized carbons (Fsp3) is 0.316. The predicted molar refractivity (Wildman–Crippen MR) is 89.0 cm³/mol. The maximum atomic E-state index is 12.2. The maximum Gasteiger partial charge on any atom is 0.410 e. The molecule has 0 N–H and O–H groups in total. The van der Waals surface area contributed by atoms with Crippen molar-refractivity contribution in [2.75, 3.05) is 13.1 Å². The molecule has 0 saturated carbocycles. The Bertz CT molecular complexity index is 717. The highest BCUT2D eigenvalue weighted by Gasteiger charge is 2.39. The van der Waals surface area contributed by atoms with E-state index in [1.54, 1.807) is 11.1 Å². The van der Waals surface area contributed by atoms with Crippen LogP contribution in [-0.4, -0.2) is 29.1 Å². The summed E-state index contributed by atoms with van der Waals surface area (Å²) >= 11 is 0. The van der Waals surface area contributed by atoms with Crippen LogP contribution >= 0.6 is 0 Å². The fourth-order valence-electron chi connectivity index (χ4n) is 2.95. The SMILES string of the molecule is N#CC1(c2ccccn2)CCN(C(=O)OCc2ccccc2)CC1. The van der Waals surface area contributed by atoms with Crippen LogP contribution in [-0.2, 0) is 16.8 Å². The molecule has 24 heavy (non-hydrogen) atoms. The van der Waals surface area contributed by atoms with E-state index in [0.29, 0.717) is 25.9 Å². The Morgan fingerprint density at radius 2 is 1.88 bits per heavy atom. The van der Waals surface area contributed by atoms with E-state index in [1.807, 2.05) is 48.5 Å². The average Bonchev–Trinajstić information content (AvgIpc) is 2.67. The highest BCUT2D eigenvalue weighted by Crippen LogP contribution is 2.33. The van der Waals surface area contributed by atoms with Crippen molar-refractivity contribution in [1.29, 1.82) is 5.26 Å². The van der Waals surface area contributed by atoms with E-state index in [9.17, 15) is 10.1 Å². The molecule has 1 saturated heterocycles. The quantitative estimate of drug-likeness (QED) is 0.870. The standard InChI is InChI=1S/C19H19N3O2/c20-15-19(17-8-4-5-11-21-17)9-12-22(13-10-19)18(23)24-14-16-6-2-1-3-7-16/h1-8,11H,9-10,12-14H2. The smallest absolute Gasteiger partial charge is 0.410 e. The summed E-state index contributed by atoms with van der Waals surface area (Å²) in [5, 5.41) is 9.65. The van der Waals surface area contributed by atoms with Crippen LogP contribution in [0.5, 0.6) is 0 Å². The van der Waals surface area contributed by atoms with Gasteiger partial charge in [0.05, 0.1) is 11.8 Å². The summed E-state index contributed by atoms with van der Waals surface area (Å²) in [7, 11) is 0. The lowest BCUT2D eigenvalue weighted by molar-refractivity contribution is 0.0823.